The molecular formula is C6O6Ti. The van der Waals surface area contributed by atoms with Gasteiger partial charge in [0.05, 0.1) is 0 Å². The Bertz CT molecular complexity index is 32.6. The molecule has 0 bridgehead atoms. The van der Waals surface area contributed by atoms with Crippen LogP contribution in [0.5, 0.6) is 0 Å². The van der Waals surface area contributed by atoms with Crippen LogP contribution in [0.15, 0.2) is 0 Å². The van der Waals surface area contributed by atoms with E-state index in [1.54, 1.807) is 0 Å². The summed E-state index contributed by atoms with van der Waals surface area (Å²) in [6.07, 6.45) is 0. The summed E-state index contributed by atoms with van der Waals surface area (Å²) in [7, 11) is 0. The molecule has 7 heteroatoms. The van der Waals surface area contributed by atoms with Crippen molar-refractivity contribution in [3.63, 3.8) is 0 Å². The van der Waals surface area contributed by atoms with Gasteiger partial charge in [-0.05, 0) is 0 Å². The minimum atomic E-state index is 0. The largest absolute Gasteiger partial charge is 0.281 e. The van der Waals surface area contributed by atoms with Crippen LogP contribution in [0.4, 0.5) is 0 Å². The Morgan fingerprint density at radius 2 is 0.308 bits per heavy atom. The monoisotopic (exact) mass is 216 g/mol. The van der Waals surface area contributed by atoms with Gasteiger partial charge in [0.25, 0.3) is 40.7 Å². The molecule has 0 fully saturated rings. The molecule has 0 aliphatic rings. The summed E-state index contributed by atoms with van der Waals surface area (Å²) in [6, 6.07) is 0. The van der Waals surface area contributed by atoms with Crippen LogP contribution in [0.1, 0.15) is 0 Å². The van der Waals surface area contributed by atoms with Gasteiger partial charge in [-0.3, -0.25) is 28.8 Å². The fraction of sp³-hybridized carbons (Fsp3) is 0. The maximum Gasteiger partial charge on any atom is 0.281 e. The van der Waals surface area contributed by atoms with Crippen LogP contribution in [-0.4, -0.2) is 40.7 Å². The van der Waals surface area contributed by atoms with E-state index in [4.69, 9.17) is 28.8 Å². The first-order chi connectivity index (χ1) is 6.00. The minimum Gasteiger partial charge on any atom is -0.281 e. The molecule has 6 nitrogen and oxygen atoms in total. The second-order valence-electron chi connectivity index (χ2n) is 0. The molecule has 0 aromatic carbocycles. The van der Waals surface area contributed by atoms with Gasteiger partial charge in [0.15, 0.2) is 0 Å². The zero-order chi connectivity index (χ0) is 12.0. The first kappa shape index (κ1) is 60.3. The third kappa shape index (κ3) is 511. The van der Waals surface area contributed by atoms with Gasteiger partial charge in [-0.2, -0.15) is 0 Å². The SMILES string of the molecule is [C]=O.[C]=O.[C]=O.[C]=O.[C]=O.[C]=O.[Ti]. The molecule has 0 aliphatic heterocycles. The van der Waals surface area contributed by atoms with Crippen molar-refractivity contribution < 1.29 is 50.5 Å². The molecule has 0 unspecified atom stereocenters. The van der Waals surface area contributed by atoms with Crippen LogP contribution in [0.3, 0.4) is 0 Å². The van der Waals surface area contributed by atoms with E-state index in [9.17, 15) is 0 Å². The fourth-order valence-corrected chi connectivity index (χ4v) is 0. The van der Waals surface area contributed by atoms with Gasteiger partial charge in [-0.1, -0.05) is 0 Å². The van der Waals surface area contributed by atoms with Gasteiger partial charge in [-0.25, -0.2) is 0 Å². The number of hydrogen-bond donors (Lipinski definition) is 0. The van der Waals surface area contributed by atoms with Gasteiger partial charge < -0.3 is 0 Å². The molecule has 0 N–H and O–H groups in total. The molecule has 0 aromatic heterocycles. The Kier molecular flexibility index (Phi) is 2950. The predicted octanol–water partition coefficient (Wildman–Crippen LogP) is -2.39. The molecule has 0 rings (SSSR count). The second-order valence-corrected chi connectivity index (χ2v) is 0. The Hall–Kier alpha value is -1.27. The average molecular weight is 216 g/mol. The number of carbonyl (C=O) groups excluding carboxylic acids is 6. The third-order valence-corrected chi connectivity index (χ3v) is 0. The Morgan fingerprint density at radius 1 is 0.308 bits per heavy atom. The van der Waals surface area contributed by atoms with Gasteiger partial charge in [0.2, 0.25) is 0 Å². The third-order valence-electron chi connectivity index (χ3n) is 0. The molecule has 0 amide bonds. The maximum atomic E-state index is 7.50. The molecular weight excluding hydrogens is 216 g/mol. The topological polar surface area (TPSA) is 102 Å². The normalized spacial score (nSPS) is 1.85. The summed E-state index contributed by atoms with van der Waals surface area (Å²) in [4.78, 5) is 45.0. The minimum absolute atomic E-state index is 0. The van der Waals surface area contributed by atoms with Crippen LogP contribution in [0.2, 0.25) is 0 Å². The van der Waals surface area contributed by atoms with Gasteiger partial charge >= 0.3 is 0 Å². The smallest absolute Gasteiger partial charge is 0.281 e. The zero-order valence-corrected chi connectivity index (χ0v) is 7.51. The zero-order valence-electron chi connectivity index (χ0n) is 5.95. The van der Waals surface area contributed by atoms with E-state index >= 15 is 0 Å². The van der Waals surface area contributed by atoms with E-state index in [1.807, 2.05) is 0 Å². The standard InChI is InChI=1S/6CO.Ti/c6*1-2;. The Balaban J connectivity index is -0.00000000655. The summed E-state index contributed by atoms with van der Waals surface area (Å²) in [5.74, 6) is 0. The Morgan fingerprint density at radius 3 is 0.308 bits per heavy atom. The molecule has 12 radical (unpaired) electrons. The molecule has 0 saturated heterocycles. The van der Waals surface area contributed by atoms with E-state index in [2.05, 4.69) is 40.7 Å². The molecule has 0 aliphatic carbocycles. The van der Waals surface area contributed by atoms with Crippen molar-refractivity contribution in [1.82, 2.24) is 0 Å². The molecule has 64 valence electrons. The van der Waals surface area contributed by atoms with Crippen LogP contribution in [0.25, 0.3) is 0 Å². The van der Waals surface area contributed by atoms with Crippen LogP contribution >= 0.6 is 0 Å². The van der Waals surface area contributed by atoms with E-state index in [0.717, 1.165) is 0 Å². The van der Waals surface area contributed by atoms with Crippen molar-refractivity contribution in [2.45, 2.75) is 0 Å². The van der Waals surface area contributed by atoms with Crippen LogP contribution in [-0.2, 0) is 50.5 Å². The number of hydrogen-bond acceptors (Lipinski definition) is 6. The summed E-state index contributed by atoms with van der Waals surface area (Å²) in [6.45, 7) is 27.0. The second kappa shape index (κ2) is 635. The molecule has 0 spiro atoms. The quantitative estimate of drug-likeness (QED) is 0.418. The molecule has 0 heterocycles. The van der Waals surface area contributed by atoms with Crippen LogP contribution in [0, 0.1) is 0 Å². The van der Waals surface area contributed by atoms with Gasteiger partial charge in [0, 0.05) is 21.7 Å². The maximum absolute atomic E-state index is 7.50. The van der Waals surface area contributed by atoms with Crippen LogP contribution < -0.4 is 0 Å². The van der Waals surface area contributed by atoms with Crippen molar-refractivity contribution in [3.8, 4) is 0 Å². The van der Waals surface area contributed by atoms with Gasteiger partial charge in [-0.15, -0.1) is 0 Å². The van der Waals surface area contributed by atoms with Crippen molar-refractivity contribution in [2.75, 3.05) is 0 Å². The summed E-state index contributed by atoms with van der Waals surface area (Å²) in [5, 5.41) is 0. The Labute approximate surface area is 91.6 Å². The van der Waals surface area contributed by atoms with E-state index in [-0.39, 0.29) is 21.7 Å². The van der Waals surface area contributed by atoms with E-state index < -0.39 is 0 Å². The summed E-state index contributed by atoms with van der Waals surface area (Å²) in [5.41, 5.74) is 0. The molecule has 0 saturated carbocycles. The van der Waals surface area contributed by atoms with Crippen molar-refractivity contribution >= 4 is 40.7 Å². The first-order valence-corrected chi connectivity index (χ1v) is 1.22. The number of rotatable bonds is 0. The van der Waals surface area contributed by atoms with Crippen molar-refractivity contribution in [2.24, 2.45) is 0 Å². The first-order valence-electron chi connectivity index (χ1n) is 1.22. The molecule has 0 atom stereocenters. The summed E-state index contributed by atoms with van der Waals surface area (Å²) >= 11 is 0. The molecule has 13 heavy (non-hydrogen) atoms. The molecule has 0 aromatic rings. The van der Waals surface area contributed by atoms with Crippen molar-refractivity contribution in [3.05, 3.63) is 0 Å². The van der Waals surface area contributed by atoms with E-state index in [1.165, 1.54) is 0 Å². The van der Waals surface area contributed by atoms with E-state index in [0.29, 0.717) is 0 Å². The average Bonchev–Trinajstić information content (AvgIpc) is 2.33. The predicted molar refractivity (Wildman–Crippen MR) is 34.2 cm³/mol. The summed E-state index contributed by atoms with van der Waals surface area (Å²) < 4.78 is 0. The van der Waals surface area contributed by atoms with Gasteiger partial charge in [0.1, 0.15) is 0 Å². The van der Waals surface area contributed by atoms with Crippen molar-refractivity contribution in [1.29, 1.82) is 0 Å². The fourth-order valence-electron chi connectivity index (χ4n) is 0.